The quantitative estimate of drug-likeness (QED) is 0.929. The Balaban J connectivity index is 1.76. The number of anilines is 2. The molecule has 0 aromatic heterocycles. The van der Waals surface area contributed by atoms with E-state index in [1.54, 1.807) is 0 Å². The van der Waals surface area contributed by atoms with E-state index in [2.05, 4.69) is 65.3 Å². The highest BCUT2D eigenvalue weighted by molar-refractivity contribution is 5.49. The summed E-state index contributed by atoms with van der Waals surface area (Å²) in [6, 6.07) is 17.2. The molecular weight excluding hydrogens is 296 g/mol. The molecule has 24 heavy (non-hydrogen) atoms. The highest BCUT2D eigenvalue weighted by Crippen LogP contribution is 2.52. The van der Waals surface area contributed by atoms with Gasteiger partial charge in [-0.15, -0.1) is 0 Å². The molecule has 0 saturated heterocycles. The third-order valence-electron chi connectivity index (χ3n) is 5.46. The van der Waals surface area contributed by atoms with Crippen molar-refractivity contribution in [2.75, 3.05) is 38.0 Å². The first-order valence-corrected chi connectivity index (χ1v) is 8.63. The van der Waals surface area contributed by atoms with Crippen molar-refractivity contribution in [1.29, 1.82) is 0 Å². The maximum absolute atomic E-state index is 10.8. The van der Waals surface area contributed by atoms with E-state index < -0.39 is 0 Å². The number of benzene rings is 2. The molecule has 1 saturated carbocycles. The number of aliphatic hydroxyl groups excluding tert-OH is 1. The third kappa shape index (κ3) is 2.89. The first-order valence-electron chi connectivity index (χ1n) is 8.63. The molecule has 0 aliphatic heterocycles. The van der Waals surface area contributed by atoms with Crippen LogP contribution in [-0.4, -0.2) is 39.4 Å². The van der Waals surface area contributed by atoms with E-state index in [4.69, 9.17) is 0 Å². The minimum Gasteiger partial charge on any atom is -0.392 e. The van der Waals surface area contributed by atoms with Crippen LogP contribution in [0.2, 0.25) is 0 Å². The van der Waals surface area contributed by atoms with E-state index in [9.17, 15) is 5.11 Å². The van der Waals surface area contributed by atoms with Crippen molar-refractivity contribution in [3.05, 3.63) is 59.7 Å². The summed E-state index contributed by atoms with van der Waals surface area (Å²) in [4.78, 5) is 4.19. The van der Waals surface area contributed by atoms with Gasteiger partial charge in [0, 0.05) is 51.4 Å². The fourth-order valence-corrected chi connectivity index (χ4v) is 3.91. The van der Waals surface area contributed by atoms with Gasteiger partial charge >= 0.3 is 0 Å². The highest BCUT2D eigenvalue weighted by atomic mass is 16.3. The van der Waals surface area contributed by atoms with Crippen LogP contribution in [0.25, 0.3) is 0 Å². The lowest BCUT2D eigenvalue weighted by Crippen LogP contribution is -2.46. The Kier molecular flexibility index (Phi) is 4.55. The number of hydrogen-bond donors (Lipinski definition) is 1. The molecule has 3 heteroatoms. The molecule has 1 N–H and O–H groups in total. The molecule has 2 aromatic carbocycles. The Morgan fingerprint density at radius 1 is 0.667 bits per heavy atom. The summed E-state index contributed by atoms with van der Waals surface area (Å²) in [6.07, 6.45) is -0.310. The maximum Gasteiger partial charge on any atom is 0.0682 e. The first-order chi connectivity index (χ1) is 11.4. The number of aliphatic hydroxyl groups is 1. The zero-order valence-electron chi connectivity index (χ0n) is 15.3. The maximum atomic E-state index is 10.8. The molecule has 3 rings (SSSR count). The van der Waals surface area contributed by atoms with E-state index in [0.29, 0.717) is 5.92 Å². The van der Waals surface area contributed by atoms with Gasteiger partial charge in [-0.1, -0.05) is 31.2 Å². The summed E-state index contributed by atoms with van der Waals surface area (Å²) in [5.74, 6) is 0.884. The van der Waals surface area contributed by atoms with E-state index >= 15 is 0 Å². The lowest BCUT2D eigenvalue weighted by molar-refractivity contribution is -0.0104. The summed E-state index contributed by atoms with van der Waals surface area (Å²) in [5, 5.41) is 10.8. The Morgan fingerprint density at radius 3 is 1.25 bits per heavy atom. The number of rotatable bonds is 4. The Hall–Kier alpha value is -2.00. The van der Waals surface area contributed by atoms with Crippen molar-refractivity contribution in [1.82, 2.24) is 0 Å². The van der Waals surface area contributed by atoms with Crippen LogP contribution in [0.3, 0.4) is 0 Å². The van der Waals surface area contributed by atoms with Gasteiger partial charge in [0.25, 0.3) is 0 Å². The second-order valence-corrected chi connectivity index (χ2v) is 7.37. The van der Waals surface area contributed by atoms with Crippen molar-refractivity contribution >= 4 is 11.4 Å². The summed E-state index contributed by atoms with van der Waals surface area (Å²) in [7, 11) is 8.18. The van der Waals surface area contributed by atoms with Gasteiger partial charge in [-0.05, 0) is 41.3 Å². The van der Waals surface area contributed by atoms with Crippen LogP contribution in [-0.2, 0) is 0 Å². The van der Waals surface area contributed by atoms with E-state index in [1.807, 2.05) is 28.2 Å². The fourth-order valence-electron chi connectivity index (χ4n) is 3.91. The molecule has 0 heterocycles. The smallest absolute Gasteiger partial charge is 0.0682 e. The molecule has 1 aliphatic rings. The van der Waals surface area contributed by atoms with Gasteiger partial charge in [0.1, 0.15) is 0 Å². The molecular formula is C21H28N2O. The van der Waals surface area contributed by atoms with Crippen molar-refractivity contribution in [2.24, 2.45) is 5.92 Å². The molecule has 3 nitrogen and oxygen atoms in total. The number of nitrogens with zero attached hydrogens (tertiary/aromatic N) is 2. The molecule has 2 unspecified atom stereocenters. The van der Waals surface area contributed by atoms with E-state index in [-0.39, 0.29) is 17.9 Å². The molecule has 0 amide bonds. The second kappa shape index (κ2) is 6.48. The lowest BCUT2D eigenvalue weighted by Gasteiger charge is -2.48. The van der Waals surface area contributed by atoms with Crippen LogP contribution in [0, 0.1) is 5.92 Å². The van der Waals surface area contributed by atoms with Crippen LogP contribution < -0.4 is 9.80 Å². The van der Waals surface area contributed by atoms with Gasteiger partial charge in [0.05, 0.1) is 6.10 Å². The predicted octanol–water partition coefficient (Wildman–Crippen LogP) is 3.70. The lowest BCUT2D eigenvalue weighted by atomic mass is 9.58. The van der Waals surface area contributed by atoms with Crippen molar-refractivity contribution in [3.8, 4) is 0 Å². The monoisotopic (exact) mass is 324 g/mol. The first kappa shape index (κ1) is 16.8. The third-order valence-corrected chi connectivity index (χ3v) is 5.46. The largest absolute Gasteiger partial charge is 0.392 e. The summed E-state index contributed by atoms with van der Waals surface area (Å²) < 4.78 is 0. The molecule has 2 atom stereocenters. The molecule has 128 valence electrons. The zero-order chi connectivity index (χ0) is 17.4. The van der Waals surface area contributed by atoms with Gasteiger partial charge in [0.15, 0.2) is 0 Å². The summed E-state index contributed by atoms with van der Waals surface area (Å²) in [5.41, 5.74) is 4.86. The summed E-state index contributed by atoms with van der Waals surface area (Å²) >= 11 is 0. The van der Waals surface area contributed by atoms with Crippen molar-refractivity contribution in [3.63, 3.8) is 0 Å². The Labute approximate surface area is 145 Å². The van der Waals surface area contributed by atoms with Crippen LogP contribution in [0.15, 0.2) is 48.5 Å². The molecule has 0 bridgehead atoms. The molecule has 1 aliphatic carbocycles. The molecule has 0 radical (unpaired) electrons. The minimum absolute atomic E-state index is 0.222. The predicted molar refractivity (Wildman–Crippen MR) is 102 cm³/mol. The topological polar surface area (TPSA) is 26.7 Å². The number of hydrogen-bond acceptors (Lipinski definition) is 3. The van der Waals surface area contributed by atoms with Gasteiger partial charge in [-0.3, -0.25) is 0 Å². The van der Waals surface area contributed by atoms with Crippen LogP contribution in [0.5, 0.6) is 0 Å². The molecule has 0 spiro atoms. The normalized spacial score (nSPS) is 25.9. The van der Waals surface area contributed by atoms with E-state index in [0.717, 1.165) is 0 Å². The Morgan fingerprint density at radius 2 is 1.00 bits per heavy atom. The average Bonchev–Trinajstić information content (AvgIpc) is 2.56. The van der Waals surface area contributed by atoms with Crippen LogP contribution in [0.4, 0.5) is 11.4 Å². The fraction of sp³-hybridized carbons (Fsp3) is 0.429. The van der Waals surface area contributed by atoms with Crippen molar-refractivity contribution in [2.45, 2.75) is 24.9 Å². The van der Waals surface area contributed by atoms with Crippen LogP contribution >= 0.6 is 0 Å². The second-order valence-electron chi connectivity index (χ2n) is 7.37. The van der Waals surface area contributed by atoms with Gasteiger partial charge in [-0.25, -0.2) is 0 Å². The molecule has 1 fully saturated rings. The van der Waals surface area contributed by atoms with Gasteiger partial charge in [-0.2, -0.15) is 0 Å². The summed E-state index contributed by atoms with van der Waals surface area (Å²) in [6.45, 7) is 2.25. The van der Waals surface area contributed by atoms with Crippen LogP contribution in [0.1, 0.15) is 29.9 Å². The average molecular weight is 324 g/mol. The van der Waals surface area contributed by atoms with E-state index in [1.165, 1.54) is 22.5 Å². The Bertz CT molecular complexity index is 606. The van der Waals surface area contributed by atoms with Crippen molar-refractivity contribution < 1.29 is 5.11 Å². The highest BCUT2D eigenvalue weighted by Gasteiger charge is 2.48. The standard InChI is InChI=1S/C21H28N2O/c1-14-19(15-6-10-17(11-7-15)22(2)3)21(24)20(14)16-8-12-18(13-9-16)23(4)5/h6-14,19-21,24H,1-5H3. The minimum atomic E-state index is -0.310. The zero-order valence-corrected chi connectivity index (χ0v) is 15.3. The SMILES string of the molecule is CC1C(c2ccc(N(C)C)cc2)C(O)C1c1ccc(N(C)C)cc1. The molecule has 2 aromatic rings. The van der Waals surface area contributed by atoms with Gasteiger partial charge in [0.2, 0.25) is 0 Å². The van der Waals surface area contributed by atoms with Gasteiger partial charge < -0.3 is 14.9 Å².